The average molecular weight is 280 g/mol. The Bertz CT molecular complexity index is 600. The number of ketones is 2. The van der Waals surface area contributed by atoms with E-state index in [0.717, 1.165) is 0 Å². The van der Waals surface area contributed by atoms with Crippen LogP contribution in [0, 0.1) is 11.8 Å². The molecule has 0 heterocycles. The first-order chi connectivity index (χ1) is 10.1. The first-order valence-corrected chi connectivity index (χ1v) is 7.27. The lowest BCUT2D eigenvalue weighted by molar-refractivity contribution is 0.0816. The van der Waals surface area contributed by atoms with Crippen LogP contribution >= 0.6 is 0 Å². The molecule has 0 fully saturated rings. The van der Waals surface area contributed by atoms with Crippen LogP contribution in [0.4, 0.5) is 0 Å². The maximum Gasteiger partial charge on any atom is 0.166 e. The predicted octanol–water partition coefficient (Wildman–Crippen LogP) is 4.41. The van der Waals surface area contributed by atoms with Gasteiger partial charge in [-0.2, -0.15) is 0 Å². The summed E-state index contributed by atoms with van der Waals surface area (Å²) in [5.41, 5.74) is 1.35. The molecule has 108 valence electrons. The quantitative estimate of drug-likeness (QED) is 0.734. The van der Waals surface area contributed by atoms with Gasteiger partial charge in [0.25, 0.3) is 0 Å². The minimum absolute atomic E-state index is 0.0265. The number of carbonyl (C=O) groups is 2. The topological polar surface area (TPSA) is 34.1 Å². The first kappa shape index (κ1) is 15.2. The molecule has 1 atom stereocenters. The van der Waals surface area contributed by atoms with Crippen molar-refractivity contribution in [3.8, 4) is 0 Å². The molecule has 0 N–H and O–H groups in total. The Kier molecular flexibility index (Phi) is 5.04. The van der Waals surface area contributed by atoms with E-state index in [1.54, 1.807) is 12.1 Å². The molecule has 2 aromatic carbocycles. The van der Waals surface area contributed by atoms with Gasteiger partial charge in [0.15, 0.2) is 11.6 Å². The zero-order valence-electron chi connectivity index (χ0n) is 12.5. The summed E-state index contributed by atoms with van der Waals surface area (Å²) in [7, 11) is 0. The molecule has 0 radical (unpaired) electrons. The minimum Gasteiger partial charge on any atom is -0.294 e. The van der Waals surface area contributed by atoms with Crippen molar-refractivity contribution < 1.29 is 9.59 Å². The molecule has 0 aromatic heterocycles. The van der Waals surface area contributed by atoms with Crippen molar-refractivity contribution in [2.24, 2.45) is 11.8 Å². The zero-order chi connectivity index (χ0) is 15.2. The van der Waals surface area contributed by atoms with E-state index in [-0.39, 0.29) is 29.8 Å². The highest BCUT2D eigenvalue weighted by atomic mass is 16.1. The second kappa shape index (κ2) is 6.98. The van der Waals surface area contributed by atoms with Gasteiger partial charge in [0.1, 0.15) is 0 Å². The third-order valence-electron chi connectivity index (χ3n) is 3.70. The van der Waals surface area contributed by atoms with E-state index in [0.29, 0.717) is 11.1 Å². The van der Waals surface area contributed by atoms with E-state index in [1.165, 1.54) is 0 Å². The van der Waals surface area contributed by atoms with E-state index in [2.05, 4.69) is 0 Å². The molecule has 2 heteroatoms. The van der Waals surface area contributed by atoms with Crippen molar-refractivity contribution in [2.75, 3.05) is 0 Å². The van der Waals surface area contributed by atoms with Crippen LogP contribution < -0.4 is 0 Å². The molecule has 2 rings (SSSR count). The van der Waals surface area contributed by atoms with Crippen molar-refractivity contribution in [3.05, 3.63) is 71.8 Å². The minimum atomic E-state index is -0.278. The van der Waals surface area contributed by atoms with Gasteiger partial charge >= 0.3 is 0 Å². The molecule has 0 saturated heterocycles. The van der Waals surface area contributed by atoms with Gasteiger partial charge in [-0.15, -0.1) is 0 Å². The van der Waals surface area contributed by atoms with E-state index in [4.69, 9.17) is 0 Å². The Morgan fingerprint density at radius 1 is 0.810 bits per heavy atom. The van der Waals surface area contributed by atoms with Crippen molar-refractivity contribution in [1.29, 1.82) is 0 Å². The fourth-order valence-electron chi connectivity index (χ4n) is 2.39. The van der Waals surface area contributed by atoms with Crippen LogP contribution in [0.2, 0.25) is 0 Å². The van der Waals surface area contributed by atoms with E-state index >= 15 is 0 Å². The molecule has 21 heavy (non-hydrogen) atoms. The summed E-state index contributed by atoms with van der Waals surface area (Å²) < 4.78 is 0. The lowest BCUT2D eigenvalue weighted by Crippen LogP contribution is -2.23. The number of rotatable bonds is 6. The smallest absolute Gasteiger partial charge is 0.166 e. The van der Waals surface area contributed by atoms with Crippen molar-refractivity contribution in [1.82, 2.24) is 0 Å². The molecule has 0 aliphatic rings. The molecule has 0 amide bonds. The zero-order valence-corrected chi connectivity index (χ0v) is 12.5. The lowest BCUT2D eigenvalue weighted by Gasteiger charge is -2.19. The monoisotopic (exact) mass is 280 g/mol. The van der Waals surface area contributed by atoms with E-state index in [9.17, 15) is 9.59 Å². The third-order valence-corrected chi connectivity index (χ3v) is 3.70. The summed E-state index contributed by atoms with van der Waals surface area (Å²) in [5, 5.41) is 0. The summed E-state index contributed by atoms with van der Waals surface area (Å²) >= 11 is 0. The van der Waals surface area contributed by atoms with Gasteiger partial charge in [-0.1, -0.05) is 74.5 Å². The Morgan fingerprint density at radius 3 is 1.76 bits per heavy atom. The molecule has 0 saturated carbocycles. The molecule has 0 aliphatic carbocycles. The Hall–Kier alpha value is -2.22. The summed E-state index contributed by atoms with van der Waals surface area (Å²) in [6.07, 6.45) is 0.259. The van der Waals surface area contributed by atoms with E-state index in [1.807, 2.05) is 62.4 Å². The fourth-order valence-corrected chi connectivity index (χ4v) is 2.39. The van der Waals surface area contributed by atoms with Gasteiger partial charge in [0, 0.05) is 23.5 Å². The van der Waals surface area contributed by atoms with Crippen molar-refractivity contribution in [3.63, 3.8) is 0 Å². The summed E-state index contributed by atoms with van der Waals surface area (Å²) in [5.74, 6) is -0.0704. The SMILES string of the molecule is CC(C)C(CC(=O)c1ccccc1)C(=O)c1ccccc1. The van der Waals surface area contributed by atoms with Crippen LogP contribution in [0.25, 0.3) is 0 Å². The maximum atomic E-state index is 12.6. The molecular formula is C19H20O2. The highest BCUT2D eigenvalue weighted by Crippen LogP contribution is 2.23. The fraction of sp³-hybridized carbons (Fsp3) is 0.263. The Labute approximate surface area is 125 Å². The molecule has 0 bridgehead atoms. The molecule has 0 aliphatic heterocycles. The van der Waals surface area contributed by atoms with Crippen molar-refractivity contribution >= 4 is 11.6 Å². The highest BCUT2D eigenvalue weighted by Gasteiger charge is 2.26. The maximum absolute atomic E-state index is 12.6. The number of benzene rings is 2. The molecule has 1 unspecified atom stereocenters. The van der Waals surface area contributed by atoms with Crippen LogP contribution in [0.15, 0.2) is 60.7 Å². The Morgan fingerprint density at radius 2 is 1.29 bits per heavy atom. The highest BCUT2D eigenvalue weighted by molar-refractivity contribution is 6.03. The molecule has 0 spiro atoms. The van der Waals surface area contributed by atoms with Gasteiger partial charge < -0.3 is 0 Å². The van der Waals surface area contributed by atoms with Crippen LogP contribution in [0.3, 0.4) is 0 Å². The normalized spacial score (nSPS) is 12.1. The van der Waals surface area contributed by atoms with E-state index < -0.39 is 0 Å². The van der Waals surface area contributed by atoms with Crippen LogP contribution in [-0.4, -0.2) is 11.6 Å². The van der Waals surface area contributed by atoms with Crippen molar-refractivity contribution in [2.45, 2.75) is 20.3 Å². The number of Topliss-reactive ketones (excluding diaryl/α,β-unsaturated/α-hetero) is 2. The van der Waals surface area contributed by atoms with Crippen LogP contribution in [-0.2, 0) is 0 Å². The number of hydrogen-bond acceptors (Lipinski definition) is 2. The largest absolute Gasteiger partial charge is 0.294 e. The standard InChI is InChI=1S/C19H20O2/c1-14(2)17(19(21)16-11-7-4-8-12-16)13-18(20)15-9-5-3-6-10-15/h3-12,14,17H,13H2,1-2H3. The predicted molar refractivity (Wildman–Crippen MR) is 84.5 cm³/mol. The number of hydrogen-bond donors (Lipinski definition) is 0. The summed E-state index contributed by atoms with van der Waals surface area (Å²) in [6.45, 7) is 3.98. The first-order valence-electron chi connectivity index (χ1n) is 7.27. The molecule has 2 aromatic rings. The average Bonchev–Trinajstić information content (AvgIpc) is 2.53. The lowest BCUT2D eigenvalue weighted by atomic mass is 9.83. The third kappa shape index (κ3) is 3.88. The van der Waals surface area contributed by atoms with Gasteiger partial charge in [-0.05, 0) is 5.92 Å². The molecular weight excluding hydrogens is 260 g/mol. The summed E-state index contributed by atoms with van der Waals surface area (Å²) in [6, 6.07) is 18.4. The van der Waals surface area contributed by atoms with Crippen LogP contribution in [0.5, 0.6) is 0 Å². The molecule has 2 nitrogen and oxygen atoms in total. The summed E-state index contributed by atoms with van der Waals surface area (Å²) in [4.78, 5) is 24.9. The second-order valence-electron chi connectivity index (χ2n) is 5.57. The van der Waals surface area contributed by atoms with Gasteiger partial charge in [-0.25, -0.2) is 0 Å². The van der Waals surface area contributed by atoms with Crippen LogP contribution in [0.1, 0.15) is 41.0 Å². The van der Waals surface area contributed by atoms with Gasteiger partial charge in [0.05, 0.1) is 0 Å². The Balaban J connectivity index is 2.17. The second-order valence-corrected chi connectivity index (χ2v) is 5.57. The van der Waals surface area contributed by atoms with Gasteiger partial charge in [-0.3, -0.25) is 9.59 Å². The van der Waals surface area contributed by atoms with Gasteiger partial charge in [0.2, 0.25) is 0 Å². The number of carbonyl (C=O) groups excluding carboxylic acids is 2.